The molecule has 0 radical (unpaired) electrons. The number of ether oxygens (including phenoxy) is 1. The Bertz CT molecular complexity index is 692. The van der Waals surface area contributed by atoms with Crippen molar-refractivity contribution in [2.45, 2.75) is 24.7 Å². The van der Waals surface area contributed by atoms with Crippen molar-refractivity contribution in [3.8, 4) is 6.07 Å². The Morgan fingerprint density at radius 1 is 1.20 bits per heavy atom. The summed E-state index contributed by atoms with van der Waals surface area (Å²) >= 11 is 0. The highest BCUT2D eigenvalue weighted by Gasteiger charge is 2.54. The number of aliphatic hydroxyl groups is 1. The minimum absolute atomic E-state index is 0.104. The molecule has 1 aromatic carbocycles. The molecule has 11 heteroatoms. The molecule has 0 spiro atoms. The van der Waals surface area contributed by atoms with E-state index in [1.807, 2.05) is 0 Å². The largest absolute Gasteiger partial charge is 0.416 e. The van der Waals surface area contributed by atoms with Gasteiger partial charge in [0.15, 0.2) is 12.3 Å². The molecule has 0 bridgehead atoms. The number of aliphatic hydroxyl groups excluding tert-OH is 1. The van der Waals surface area contributed by atoms with E-state index in [1.54, 1.807) is 0 Å². The summed E-state index contributed by atoms with van der Waals surface area (Å²) in [5.74, 6) is -1.84. The van der Waals surface area contributed by atoms with Gasteiger partial charge >= 0.3 is 12.4 Å². The molecule has 0 aliphatic carbocycles. The van der Waals surface area contributed by atoms with Crippen molar-refractivity contribution in [2.24, 2.45) is 11.0 Å². The Labute approximate surface area is 137 Å². The fraction of sp³-hybridized carbons (Fsp3) is 0.429. The van der Waals surface area contributed by atoms with E-state index in [2.05, 4.69) is 9.84 Å². The van der Waals surface area contributed by atoms with Crippen molar-refractivity contribution in [1.82, 2.24) is 0 Å². The van der Waals surface area contributed by atoms with Gasteiger partial charge in [-0.25, -0.2) is 5.01 Å². The molecule has 1 aliphatic rings. The number of hydrogen-bond acceptors (Lipinski definition) is 5. The van der Waals surface area contributed by atoms with Crippen molar-refractivity contribution in [2.75, 3.05) is 12.1 Å². The quantitative estimate of drug-likeness (QED) is 0.835. The fourth-order valence-corrected chi connectivity index (χ4v) is 2.43. The summed E-state index contributed by atoms with van der Waals surface area (Å²) in [4.78, 5) is 0. The number of methoxy groups -OCH3 is 1. The zero-order chi connectivity index (χ0) is 19.0. The first-order valence-electron chi connectivity index (χ1n) is 6.73. The minimum atomic E-state index is -4.88. The Morgan fingerprint density at radius 2 is 1.76 bits per heavy atom. The topological polar surface area (TPSA) is 68.8 Å². The van der Waals surface area contributed by atoms with Crippen LogP contribution in [-0.4, -0.2) is 36.4 Å². The number of nitriles is 1. The summed E-state index contributed by atoms with van der Waals surface area (Å²) in [7, 11) is 0.765. The van der Waals surface area contributed by atoms with Gasteiger partial charge in [-0.1, -0.05) is 0 Å². The van der Waals surface area contributed by atoms with Gasteiger partial charge < -0.3 is 9.84 Å². The smallest absolute Gasteiger partial charge is 0.371 e. The van der Waals surface area contributed by atoms with Gasteiger partial charge in [0.1, 0.15) is 11.8 Å². The van der Waals surface area contributed by atoms with Crippen molar-refractivity contribution >= 4 is 11.4 Å². The predicted molar refractivity (Wildman–Crippen MR) is 73.3 cm³/mol. The highest BCUT2D eigenvalue weighted by molar-refractivity contribution is 6.03. The zero-order valence-electron chi connectivity index (χ0n) is 12.5. The van der Waals surface area contributed by atoms with Gasteiger partial charge in [-0.05, 0) is 24.3 Å². The Balaban J connectivity index is 2.36. The second kappa shape index (κ2) is 6.53. The zero-order valence-corrected chi connectivity index (χ0v) is 12.5. The molecule has 1 heterocycles. The maximum absolute atomic E-state index is 13.0. The second-order valence-electron chi connectivity index (χ2n) is 5.12. The van der Waals surface area contributed by atoms with Crippen molar-refractivity contribution in [3.63, 3.8) is 0 Å². The van der Waals surface area contributed by atoms with Crippen LogP contribution < -0.4 is 5.01 Å². The Hall–Kier alpha value is -2.32. The molecule has 5 nitrogen and oxygen atoms in total. The van der Waals surface area contributed by atoms with Crippen LogP contribution in [0.2, 0.25) is 0 Å². The third-order valence-corrected chi connectivity index (χ3v) is 3.58. The number of nitrogens with zero attached hydrogens (tertiary/aromatic N) is 3. The van der Waals surface area contributed by atoms with E-state index in [1.165, 1.54) is 6.07 Å². The average molecular weight is 367 g/mol. The predicted octanol–water partition coefficient (Wildman–Crippen LogP) is 2.92. The summed E-state index contributed by atoms with van der Waals surface area (Å²) in [6.45, 7) is 0. The van der Waals surface area contributed by atoms with Crippen LogP contribution in [0.1, 0.15) is 5.56 Å². The Kier molecular flexibility index (Phi) is 4.97. The summed E-state index contributed by atoms with van der Waals surface area (Å²) < 4.78 is 81.1. The number of benzene rings is 1. The lowest BCUT2D eigenvalue weighted by atomic mass is 9.95. The minimum Gasteiger partial charge on any atom is -0.371 e. The molecule has 2 rings (SSSR count). The van der Waals surface area contributed by atoms with E-state index in [-0.39, 0.29) is 5.69 Å². The Morgan fingerprint density at radius 3 is 2.16 bits per heavy atom. The lowest BCUT2D eigenvalue weighted by Crippen LogP contribution is -2.47. The maximum atomic E-state index is 13.0. The molecule has 25 heavy (non-hydrogen) atoms. The lowest BCUT2D eigenvalue weighted by Gasteiger charge is -2.29. The van der Waals surface area contributed by atoms with Gasteiger partial charge in [0.05, 0.1) is 17.2 Å². The van der Waals surface area contributed by atoms with Gasteiger partial charge in [-0.3, -0.25) is 0 Å². The molecule has 0 saturated heterocycles. The molecule has 136 valence electrons. The monoisotopic (exact) mass is 367 g/mol. The van der Waals surface area contributed by atoms with Crippen LogP contribution in [0.5, 0.6) is 0 Å². The van der Waals surface area contributed by atoms with E-state index < -0.39 is 41.9 Å². The van der Waals surface area contributed by atoms with Crippen molar-refractivity contribution in [1.29, 1.82) is 5.26 Å². The second-order valence-corrected chi connectivity index (χ2v) is 5.12. The molecular formula is C14H11F6N3O2. The molecule has 1 aliphatic heterocycles. The molecule has 1 aromatic rings. The first-order valence-corrected chi connectivity index (χ1v) is 6.73. The first-order chi connectivity index (χ1) is 11.5. The van der Waals surface area contributed by atoms with Crippen LogP contribution in [0, 0.1) is 17.2 Å². The number of anilines is 1. The molecule has 1 N–H and O–H groups in total. The van der Waals surface area contributed by atoms with Gasteiger partial charge in [0.2, 0.25) is 0 Å². The van der Waals surface area contributed by atoms with Crippen LogP contribution in [0.25, 0.3) is 0 Å². The van der Waals surface area contributed by atoms with Crippen LogP contribution in [0.4, 0.5) is 32.0 Å². The van der Waals surface area contributed by atoms with Gasteiger partial charge in [-0.15, -0.1) is 0 Å². The molecule has 0 fully saturated rings. The molecular weight excluding hydrogens is 356 g/mol. The van der Waals surface area contributed by atoms with E-state index in [9.17, 15) is 31.4 Å². The van der Waals surface area contributed by atoms with E-state index in [0.29, 0.717) is 17.1 Å². The molecule has 0 saturated carbocycles. The van der Waals surface area contributed by atoms with E-state index in [4.69, 9.17) is 5.26 Å². The van der Waals surface area contributed by atoms with Gasteiger partial charge in [0.25, 0.3) is 0 Å². The number of hydrogen-bond donors (Lipinski definition) is 1. The third kappa shape index (κ3) is 3.69. The number of alkyl halides is 6. The summed E-state index contributed by atoms with van der Waals surface area (Å²) in [5, 5.41) is 23.4. The van der Waals surface area contributed by atoms with Crippen molar-refractivity contribution < 1.29 is 36.2 Å². The summed E-state index contributed by atoms with van der Waals surface area (Å²) in [6, 6.07) is 4.70. The average Bonchev–Trinajstić information content (AvgIpc) is 2.83. The lowest BCUT2D eigenvalue weighted by molar-refractivity contribution is -0.227. The van der Waals surface area contributed by atoms with E-state index >= 15 is 0 Å². The first kappa shape index (κ1) is 19.0. The van der Waals surface area contributed by atoms with Crippen molar-refractivity contribution in [3.05, 3.63) is 29.8 Å². The van der Waals surface area contributed by atoms with Crippen LogP contribution in [0.3, 0.4) is 0 Å². The molecule has 3 unspecified atom stereocenters. The number of halogens is 6. The highest BCUT2D eigenvalue weighted by Crippen LogP contribution is 2.37. The van der Waals surface area contributed by atoms with Crippen LogP contribution >= 0.6 is 0 Å². The SMILES string of the molecule is COC(C1C(C#N)=NN(c2ccc(C(F)(F)F)cc2)C1O)C(F)(F)F. The van der Waals surface area contributed by atoms with Crippen LogP contribution in [0.15, 0.2) is 29.4 Å². The van der Waals surface area contributed by atoms with Gasteiger partial charge in [0, 0.05) is 7.11 Å². The highest BCUT2D eigenvalue weighted by atomic mass is 19.4. The summed E-state index contributed by atoms with van der Waals surface area (Å²) in [5.41, 5.74) is -1.72. The van der Waals surface area contributed by atoms with Gasteiger partial charge in [-0.2, -0.15) is 36.7 Å². The summed E-state index contributed by atoms with van der Waals surface area (Å²) in [6.07, 6.45) is -13.9. The maximum Gasteiger partial charge on any atom is 0.416 e. The molecule has 0 amide bonds. The standard InChI is InChI=1S/C14H11F6N3O2/c1-25-11(14(18,19)20)10-9(6-21)22-23(12(10)24)8-4-2-7(3-5-8)13(15,16)17/h2-5,10-12,24H,1H3. The van der Waals surface area contributed by atoms with Crippen LogP contribution in [-0.2, 0) is 10.9 Å². The third-order valence-electron chi connectivity index (χ3n) is 3.58. The number of rotatable bonds is 3. The molecule has 3 atom stereocenters. The fourth-order valence-electron chi connectivity index (χ4n) is 2.43. The molecule has 0 aromatic heterocycles. The van der Waals surface area contributed by atoms with E-state index in [0.717, 1.165) is 19.2 Å². The normalized spacial score (nSPS) is 22.5. The number of hydrazone groups is 1.